The minimum atomic E-state index is -1.15. The maximum Gasteiger partial charge on any atom is 0.328 e. The van der Waals surface area contributed by atoms with E-state index in [2.05, 4.69) is 0 Å². The molecule has 0 spiro atoms. The van der Waals surface area contributed by atoms with Crippen LogP contribution in [0, 0.1) is 0 Å². The summed E-state index contributed by atoms with van der Waals surface area (Å²) < 4.78 is 0. The lowest BCUT2D eigenvalue weighted by molar-refractivity contribution is -0.147. The van der Waals surface area contributed by atoms with Crippen LogP contribution in [0.15, 0.2) is 12.2 Å². The van der Waals surface area contributed by atoms with Crippen molar-refractivity contribution < 1.29 is 19.8 Å². The second kappa shape index (κ2) is 3.18. The molecule has 13 heavy (non-hydrogen) atoms. The smallest absolute Gasteiger partial charge is 0.328 e. The van der Waals surface area contributed by atoms with Crippen molar-refractivity contribution in [1.82, 2.24) is 4.90 Å². The number of hydrogen-bond donors (Lipinski definition) is 2. The fourth-order valence-corrected chi connectivity index (χ4v) is 1.18. The SMILES string of the molecule is CC1(O)CN(C(=O)/C=C/C(=O)O)C1. The van der Waals surface area contributed by atoms with E-state index in [-0.39, 0.29) is 19.0 Å². The van der Waals surface area contributed by atoms with E-state index in [0.717, 1.165) is 12.2 Å². The third kappa shape index (κ3) is 2.55. The quantitative estimate of drug-likeness (QED) is 0.553. The Bertz CT molecular complexity index is 261. The molecule has 1 aliphatic heterocycles. The molecule has 5 nitrogen and oxygen atoms in total. The highest BCUT2D eigenvalue weighted by Gasteiger charge is 2.38. The summed E-state index contributed by atoms with van der Waals surface area (Å²) in [5.74, 6) is -1.53. The van der Waals surface area contributed by atoms with E-state index in [1.54, 1.807) is 6.92 Å². The molecule has 0 saturated carbocycles. The lowest BCUT2D eigenvalue weighted by atomic mass is 9.97. The number of carbonyl (C=O) groups excluding carboxylic acids is 1. The summed E-state index contributed by atoms with van der Waals surface area (Å²) in [5, 5.41) is 17.5. The normalized spacial score (nSPS) is 20.0. The van der Waals surface area contributed by atoms with Crippen molar-refractivity contribution >= 4 is 11.9 Å². The minimum Gasteiger partial charge on any atom is -0.478 e. The average Bonchev–Trinajstić information content (AvgIpc) is 1.95. The molecule has 2 N–H and O–H groups in total. The van der Waals surface area contributed by atoms with Crippen LogP contribution in [0.5, 0.6) is 0 Å². The van der Waals surface area contributed by atoms with E-state index in [4.69, 9.17) is 5.11 Å². The third-order valence-electron chi connectivity index (χ3n) is 1.74. The average molecular weight is 185 g/mol. The Morgan fingerprint density at radius 3 is 2.31 bits per heavy atom. The number of hydrogen-bond acceptors (Lipinski definition) is 3. The van der Waals surface area contributed by atoms with Crippen molar-refractivity contribution in [3.63, 3.8) is 0 Å². The van der Waals surface area contributed by atoms with Crippen molar-refractivity contribution in [1.29, 1.82) is 0 Å². The third-order valence-corrected chi connectivity index (χ3v) is 1.74. The Labute approximate surface area is 75.3 Å². The van der Waals surface area contributed by atoms with Crippen LogP contribution in [-0.2, 0) is 9.59 Å². The summed E-state index contributed by atoms with van der Waals surface area (Å²) in [6, 6.07) is 0. The fraction of sp³-hybridized carbons (Fsp3) is 0.500. The van der Waals surface area contributed by atoms with E-state index in [1.807, 2.05) is 0 Å². The summed E-state index contributed by atoms with van der Waals surface area (Å²) in [4.78, 5) is 22.5. The van der Waals surface area contributed by atoms with Crippen LogP contribution in [0.4, 0.5) is 0 Å². The Morgan fingerprint density at radius 2 is 1.92 bits per heavy atom. The van der Waals surface area contributed by atoms with Crippen LogP contribution in [0.2, 0.25) is 0 Å². The van der Waals surface area contributed by atoms with Gasteiger partial charge >= 0.3 is 5.97 Å². The first-order chi connectivity index (χ1) is 5.91. The van der Waals surface area contributed by atoms with Crippen molar-refractivity contribution in [3.8, 4) is 0 Å². The summed E-state index contributed by atoms with van der Waals surface area (Å²) in [6.07, 6.45) is 1.77. The van der Waals surface area contributed by atoms with Gasteiger partial charge in [0.2, 0.25) is 5.91 Å². The van der Waals surface area contributed by atoms with E-state index in [1.165, 1.54) is 4.90 Å². The van der Waals surface area contributed by atoms with Gasteiger partial charge in [-0.05, 0) is 6.92 Å². The molecule has 0 aliphatic carbocycles. The van der Waals surface area contributed by atoms with Crippen LogP contribution < -0.4 is 0 Å². The highest BCUT2D eigenvalue weighted by Crippen LogP contribution is 2.19. The molecular formula is C8H11NO4. The summed E-state index contributed by atoms with van der Waals surface area (Å²) in [6.45, 7) is 2.14. The molecular weight excluding hydrogens is 174 g/mol. The number of carboxylic acid groups (broad SMARTS) is 1. The number of carboxylic acids is 1. The predicted molar refractivity (Wildman–Crippen MR) is 44.0 cm³/mol. The molecule has 5 heteroatoms. The molecule has 0 aromatic heterocycles. The molecule has 0 aromatic carbocycles. The molecule has 0 aromatic rings. The first kappa shape index (κ1) is 9.73. The van der Waals surface area contributed by atoms with Crippen LogP contribution >= 0.6 is 0 Å². The molecule has 1 heterocycles. The molecule has 1 fully saturated rings. The van der Waals surface area contributed by atoms with Gasteiger partial charge in [0.1, 0.15) is 0 Å². The molecule has 1 saturated heterocycles. The van der Waals surface area contributed by atoms with Gasteiger partial charge in [-0.25, -0.2) is 4.79 Å². The predicted octanol–water partition coefficient (Wildman–Crippen LogP) is -0.780. The number of aliphatic carboxylic acids is 1. The van der Waals surface area contributed by atoms with Crippen LogP contribution in [0.3, 0.4) is 0 Å². The van der Waals surface area contributed by atoms with Gasteiger partial charge in [-0.15, -0.1) is 0 Å². The van der Waals surface area contributed by atoms with Gasteiger partial charge in [-0.3, -0.25) is 4.79 Å². The Morgan fingerprint density at radius 1 is 1.38 bits per heavy atom. The Balaban J connectivity index is 2.40. The van der Waals surface area contributed by atoms with Gasteiger partial charge in [0.05, 0.1) is 18.7 Å². The summed E-state index contributed by atoms with van der Waals surface area (Å²) >= 11 is 0. The van der Waals surface area contributed by atoms with Gasteiger partial charge in [0, 0.05) is 12.2 Å². The summed E-state index contributed by atoms with van der Waals surface area (Å²) in [5.41, 5.74) is -0.813. The van der Waals surface area contributed by atoms with Crippen molar-refractivity contribution in [2.75, 3.05) is 13.1 Å². The van der Waals surface area contributed by atoms with Crippen LogP contribution in [-0.4, -0.2) is 45.7 Å². The number of nitrogens with zero attached hydrogens (tertiary/aromatic N) is 1. The second-order valence-electron chi connectivity index (χ2n) is 3.36. The Hall–Kier alpha value is -1.36. The number of rotatable bonds is 2. The first-order valence-corrected chi connectivity index (χ1v) is 3.83. The number of β-amino-alcohol motifs (C(OH)–C–C–N with tert-alkyl or cyclic N) is 1. The molecule has 0 unspecified atom stereocenters. The molecule has 1 rings (SSSR count). The standard InChI is InChI=1S/C8H11NO4/c1-8(13)4-9(5-8)6(10)2-3-7(11)12/h2-3,13H,4-5H2,1H3,(H,11,12)/b3-2+. The van der Waals surface area contributed by atoms with Gasteiger partial charge in [-0.1, -0.05) is 0 Å². The Kier molecular flexibility index (Phi) is 2.38. The fourth-order valence-electron chi connectivity index (χ4n) is 1.18. The van der Waals surface area contributed by atoms with Crippen LogP contribution in [0.1, 0.15) is 6.92 Å². The zero-order valence-corrected chi connectivity index (χ0v) is 7.23. The maximum atomic E-state index is 11.1. The van der Waals surface area contributed by atoms with E-state index in [9.17, 15) is 14.7 Å². The van der Waals surface area contributed by atoms with Gasteiger partial charge in [0.25, 0.3) is 0 Å². The number of carbonyl (C=O) groups is 2. The molecule has 72 valence electrons. The summed E-state index contributed by atoms with van der Waals surface area (Å²) in [7, 11) is 0. The van der Waals surface area contributed by atoms with E-state index >= 15 is 0 Å². The minimum absolute atomic E-state index is 0.260. The first-order valence-electron chi connectivity index (χ1n) is 3.83. The number of aliphatic hydroxyl groups is 1. The lowest BCUT2D eigenvalue weighted by Gasteiger charge is -2.43. The molecule has 1 aliphatic rings. The highest BCUT2D eigenvalue weighted by molar-refractivity contribution is 5.94. The topological polar surface area (TPSA) is 77.8 Å². The van der Waals surface area contributed by atoms with E-state index in [0.29, 0.717) is 0 Å². The van der Waals surface area contributed by atoms with Crippen molar-refractivity contribution in [2.45, 2.75) is 12.5 Å². The van der Waals surface area contributed by atoms with Gasteiger partial charge in [-0.2, -0.15) is 0 Å². The van der Waals surface area contributed by atoms with E-state index < -0.39 is 11.6 Å². The largest absolute Gasteiger partial charge is 0.478 e. The number of amides is 1. The van der Waals surface area contributed by atoms with Crippen LogP contribution in [0.25, 0.3) is 0 Å². The maximum absolute atomic E-state index is 11.1. The molecule has 0 radical (unpaired) electrons. The number of likely N-dealkylation sites (tertiary alicyclic amines) is 1. The zero-order chi connectivity index (χ0) is 10.1. The zero-order valence-electron chi connectivity index (χ0n) is 7.23. The molecule has 1 amide bonds. The van der Waals surface area contributed by atoms with Crippen molar-refractivity contribution in [2.24, 2.45) is 0 Å². The molecule has 0 bridgehead atoms. The highest BCUT2D eigenvalue weighted by atomic mass is 16.4. The monoisotopic (exact) mass is 185 g/mol. The lowest BCUT2D eigenvalue weighted by Crippen LogP contribution is -2.61. The second-order valence-corrected chi connectivity index (χ2v) is 3.36. The van der Waals surface area contributed by atoms with Gasteiger partial charge < -0.3 is 15.1 Å². The van der Waals surface area contributed by atoms with Gasteiger partial charge in [0.15, 0.2) is 0 Å². The molecule has 0 atom stereocenters. The van der Waals surface area contributed by atoms with Crippen molar-refractivity contribution in [3.05, 3.63) is 12.2 Å².